The van der Waals surface area contributed by atoms with Crippen molar-refractivity contribution in [3.05, 3.63) is 29.3 Å². The van der Waals surface area contributed by atoms with Crippen LogP contribution in [0.1, 0.15) is 44.7 Å². The molecular formula is C17H19F3N4O. The molecule has 25 heavy (non-hydrogen) atoms. The Morgan fingerprint density at radius 3 is 2.72 bits per heavy atom. The number of hydrogen-bond acceptors (Lipinski definition) is 4. The van der Waals surface area contributed by atoms with E-state index in [-0.39, 0.29) is 5.69 Å². The molecule has 0 radical (unpaired) electrons. The quantitative estimate of drug-likeness (QED) is 0.868. The first-order valence-electron chi connectivity index (χ1n) is 7.80. The van der Waals surface area contributed by atoms with Gasteiger partial charge in [-0.3, -0.25) is 10.2 Å². The van der Waals surface area contributed by atoms with E-state index < -0.39 is 28.7 Å². The van der Waals surface area contributed by atoms with E-state index in [2.05, 4.69) is 15.8 Å². The van der Waals surface area contributed by atoms with Gasteiger partial charge in [-0.25, -0.2) is 0 Å². The van der Waals surface area contributed by atoms with Crippen molar-refractivity contribution >= 4 is 17.3 Å². The second-order valence-electron chi connectivity index (χ2n) is 6.72. The van der Waals surface area contributed by atoms with Crippen molar-refractivity contribution < 1.29 is 18.0 Å². The van der Waals surface area contributed by atoms with Crippen LogP contribution < -0.4 is 10.7 Å². The molecule has 5 nitrogen and oxygen atoms in total. The number of hydrazone groups is 1. The highest BCUT2D eigenvalue weighted by molar-refractivity contribution is 6.03. The van der Waals surface area contributed by atoms with Crippen molar-refractivity contribution in [1.82, 2.24) is 5.43 Å². The maximum Gasteiger partial charge on any atom is 0.417 e. The fraction of sp³-hybridized carbons (Fsp3) is 0.471. The Balaban J connectivity index is 2.15. The third-order valence-corrected chi connectivity index (χ3v) is 3.87. The van der Waals surface area contributed by atoms with Gasteiger partial charge in [0.15, 0.2) is 0 Å². The number of carbonyl (C=O) groups is 1. The zero-order valence-corrected chi connectivity index (χ0v) is 14.2. The summed E-state index contributed by atoms with van der Waals surface area (Å²) in [4.78, 5) is 12.5. The van der Waals surface area contributed by atoms with E-state index in [0.717, 1.165) is 24.3 Å². The molecule has 0 spiro atoms. The molecule has 2 N–H and O–H groups in total. The molecule has 0 bridgehead atoms. The highest BCUT2D eigenvalue weighted by Gasteiger charge is 2.39. The summed E-state index contributed by atoms with van der Waals surface area (Å²) in [7, 11) is 0. The number of nitrogens with one attached hydrogen (secondary N) is 2. The van der Waals surface area contributed by atoms with E-state index in [1.165, 1.54) is 12.1 Å². The summed E-state index contributed by atoms with van der Waals surface area (Å²) in [6.07, 6.45) is -3.54. The second-order valence-corrected chi connectivity index (χ2v) is 6.72. The molecule has 1 unspecified atom stereocenters. The summed E-state index contributed by atoms with van der Waals surface area (Å²) >= 11 is 0. The summed E-state index contributed by atoms with van der Waals surface area (Å²) in [5, 5.41) is 15.4. The molecule has 1 atom stereocenters. The summed E-state index contributed by atoms with van der Waals surface area (Å²) in [5.41, 5.74) is 1.03. The molecule has 0 aliphatic carbocycles. The first-order valence-corrected chi connectivity index (χ1v) is 7.80. The van der Waals surface area contributed by atoms with E-state index in [9.17, 15) is 18.0 Å². The third-order valence-electron chi connectivity index (χ3n) is 3.87. The molecule has 0 aromatic heterocycles. The van der Waals surface area contributed by atoms with Gasteiger partial charge in [-0.2, -0.15) is 23.5 Å². The van der Waals surface area contributed by atoms with E-state index in [1.54, 1.807) is 6.92 Å². The predicted molar refractivity (Wildman–Crippen MR) is 87.8 cm³/mol. The minimum Gasteiger partial charge on any atom is -0.324 e. The Kier molecular flexibility index (Phi) is 5.07. The molecule has 0 saturated heterocycles. The van der Waals surface area contributed by atoms with Gasteiger partial charge in [-0.15, -0.1) is 0 Å². The second kappa shape index (κ2) is 6.75. The highest BCUT2D eigenvalue weighted by atomic mass is 19.4. The predicted octanol–water partition coefficient (Wildman–Crippen LogP) is 3.67. The number of amides is 1. The van der Waals surface area contributed by atoms with Gasteiger partial charge in [0.2, 0.25) is 0 Å². The summed E-state index contributed by atoms with van der Waals surface area (Å²) in [6, 6.07) is 4.60. The van der Waals surface area contributed by atoms with E-state index >= 15 is 0 Å². The number of rotatable bonds is 4. The van der Waals surface area contributed by atoms with Crippen LogP contribution in [-0.2, 0) is 11.0 Å². The van der Waals surface area contributed by atoms with Gasteiger partial charge in [-0.05, 0) is 37.5 Å². The smallest absolute Gasteiger partial charge is 0.324 e. The molecule has 134 valence electrons. The lowest BCUT2D eigenvalue weighted by molar-refractivity contribution is -0.137. The van der Waals surface area contributed by atoms with Gasteiger partial charge in [0.05, 0.1) is 17.2 Å². The zero-order chi connectivity index (χ0) is 18.8. The molecule has 1 aliphatic heterocycles. The zero-order valence-electron chi connectivity index (χ0n) is 14.2. The van der Waals surface area contributed by atoms with Gasteiger partial charge in [0, 0.05) is 17.8 Å². The van der Waals surface area contributed by atoms with Crippen molar-refractivity contribution in [2.45, 2.75) is 45.3 Å². The lowest BCUT2D eigenvalue weighted by Crippen LogP contribution is -2.47. The van der Waals surface area contributed by atoms with Crippen LogP contribution >= 0.6 is 0 Å². The minimum atomic E-state index is -4.67. The van der Waals surface area contributed by atoms with Crippen molar-refractivity contribution in [2.75, 3.05) is 5.32 Å². The number of anilines is 1. The maximum absolute atomic E-state index is 13.0. The topological polar surface area (TPSA) is 77.3 Å². The van der Waals surface area contributed by atoms with Crippen LogP contribution in [0, 0.1) is 17.2 Å². The van der Waals surface area contributed by atoms with E-state index in [0.29, 0.717) is 12.3 Å². The van der Waals surface area contributed by atoms with Crippen LogP contribution in [0.3, 0.4) is 0 Å². The third kappa shape index (κ3) is 4.29. The SMILES string of the molecule is CC(C)CC1=NNC(C)(C(=O)Nc2ccc(C#N)c(C(F)(F)F)c2)C1. The Bertz CT molecular complexity index is 749. The number of nitrogens with zero attached hydrogens (tertiary/aromatic N) is 2. The van der Waals surface area contributed by atoms with Gasteiger partial charge in [0.1, 0.15) is 5.54 Å². The normalized spacial score (nSPS) is 20.0. The van der Waals surface area contributed by atoms with Crippen LogP contribution in [-0.4, -0.2) is 17.2 Å². The number of nitriles is 1. The average molecular weight is 352 g/mol. The summed E-state index contributed by atoms with van der Waals surface area (Å²) < 4.78 is 39.0. The number of halogens is 3. The maximum atomic E-state index is 13.0. The molecule has 0 saturated carbocycles. The lowest BCUT2D eigenvalue weighted by atomic mass is 9.92. The Hall–Kier alpha value is -2.56. The van der Waals surface area contributed by atoms with Crippen LogP contribution in [0.25, 0.3) is 0 Å². The summed E-state index contributed by atoms with van der Waals surface area (Å²) in [6.45, 7) is 5.72. The highest BCUT2D eigenvalue weighted by Crippen LogP contribution is 2.34. The Morgan fingerprint density at radius 1 is 1.48 bits per heavy atom. The molecule has 8 heteroatoms. The molecular weight excluding hydrogens is 333 g/mol. The molecule has 2 rings (SSSR count). The standard InChI is InChI=1S/C17H19F3N4O/c1-10(2)6-13-8-16(3,24-23-13)15(25)22-12-5-4-11(9-21)14(7-12)17(18,19)20/h4-5,7,10,24H,6,8H2,1-3H3,(H,22,25). The van der Waals surface area contributed by atoms with Gasteiger partial charge in [0.25, 0.3) is 5.91 Å². The van der Waals surface area contributed by atoms with Gasteiger partial charge in [-0.1, -0.05) is 13.8 Å². The molecule has 1 heterocycles. The van der Waals surface area contributed by atoms with Gasteiger partial charge < -0.3 is 5.32 Å². The first kappa shape index (κ1) is 18.8. The van der Waals surface area contributed by atoms with E-state index in [4.69, 9.17) is 5.26 Å². The molecule has 0 fully saturated rings. The van der Waals surface area contributed by atoms with Crippen LogP contribution in [0.2, 0.25) is 0 Å². The van der Waals surface area contributed by atoms with Crippen LogP contribution in [0.5, 0.6) is 0 Å². The van der Waals surface area contributed by atoms with Crippen molar-refractivity contribution in [3.8, 4) is 6.07 Å². The number of carbonyl (C=O) groups excluding carboxylic acids is 1. The van der Waals surface area contributed by atoms with Crippen LogP contribution in [0.4, 0.5) is 18.9 Å². The van der Waals surface area contributed by atoms with Crippen molar-refractivity contribution in [1.29, 1.82) is 5.26 Å². The number of hydrogen-bond donors (Lipinski definition) is 2. The van der Waals surface area contributed by atoms with E-state index in [1.807, 2.05) is 13.8 Å². The fourth-order valence-electron chi connectivity index (χ4n) is 2.63. The summed E-state index contributed by atoms with van der Waals surface area (Å²) in [5.74, 6) is -0.0910. The first-order chi connectivity index (χ1) is 11.5. The lowest BCUT2D eigenvalue weighted by Gasteiger charge is -2.23. The fourth-order valence-corrected chi connectivity index (χ4v) is 2.63. The van der Waals surface area contributed by atoms with Crippen molar-refractivity contribution in [3.63, 3.8) is 0 Å². The monoisotopic (exact) mass is 352 g/mol. The number of alkyl halides is 3. The molecule has 1 aliphatic rings. The molecule has 1 aromatic rings. The molecule has 1 aromatic carbocycles. The van der Waals surface area contributed by atoms with Crippen molar-refractivity contribution in [2.24, 2.45) is 11.0 Å². The minimum absolute atomic E-state index is 0.0170. The molecule has 1 amide bonds. The largest absolute Gasteiger partial charge is 0.417 e. The van der Waals surface area contributed by atoms with Crippen LogP contribution in [0.15, 0.2) is 23.3 Å². The number of benzene rings is 1. The Labute approximate surface area is 143 Å². The Morgan fingerprint density at radius 2 is 2.16 bits per heavy atom. The van der Waals surface area contributed by atoms with Gasteiger partial charge >= 0.3 is 6.18 Å². The average Bonchev–Trinajstić information content (AvgIpc) is 2.88.